The van der Waals surface area contributed by atoms with Crippen molar-refractivity contribution in [3.05, 3.63) is 0 Å². The molecule has 3 nitrogen and oxygen atoms in total. The van der Waals surface area contributed by atoms with Gasteiger partial charge in [0.05, 0.1) is 0 Å². The summed E-state index contributed by atoms with van der Waals surface area (Å²) in [6, 6.07) is 0.571. The summed E-state index contributed by atoms with van der Waals surface area (Å²) >= 11 is 0. The Kier molecular flexibility index (Phi) is 2.75. The molecule has 0 radical (unpaired) electrons. The zero-order valence-corrected chi connectivity index (χ0v) is 10.0. The van der Waals surface area contributed by atoms with Crippen LogP contribution in [0.25, 0.3) is 0 Å². The number of hydrogen-bond donors (Lipinski definition) is 1. The molecule has 2 rings (SSSR count). The largest absolute Gasteiger partial charge is 0.340 e. The fourth-order valence-electron chi connectivity index (χ4n) is 2.59. The van der Waals surface area contributed by atoms with E-state index in [1.165, 1.54) is 6.42 Å². The number of carbonyl (C=O) groups is 1. The monoisotopic (exact) mass is 210 g/mol. The molecule has 0 unspecified atom stereocenters. The Morgan fingerprint density at radius 1 is 1.47 bits per heavy atom. The van der Waals surface area contributed by atoms with Crippen molar-refractivity contribution < 1.29 is 4.79 Å². The highest BCUT2D eigenvalue weighted by atomic mass is 16.2. The molecule has 0 aromatic heterocycles. The molecule has 0 aromatic rings. The normalized spacial score (nSPS) is 30.7. The van der Waals surface area contributed by atoms with Gasteiger partial charge in [-0.25, -0.2) is 0 Å². The summed E-state index contributed by atoms with van der Waals surface area (Å²) in [6.07, 6.45) is 2.16. The molecule has 1 amide bonds. The third-order valence-corrected chi connectivity index (χ3v) is 4.11. The highest BCUT2D eigenvalue weighted by Crippen LogP contribution is 2.30. The van der Waals surface area contributed by atoms with Crippen LogP contribution in [0.3, 0.4) is 0 Å². The van der Waals surface area contributed by atoms with E-state index in [1.54, 1.807) is 0 Å². The highest BCUT2D eigenvalue weighted by Gasteiger charge is 2.41. The van der Waals surface area contributed by atoms with Gasteiger partial charge in [0, 0.05) is 24.5 Å². The Labute approximate surface area is 92.2 Å². The van der Waals surface area contributed by atoms with Crippen LogP contribution in [0.5, 0.6) is 0 Å². The molecule has 15 heavy (non-hydrogen) atoms. The van der Waals surface area contributed by atoms with Gasteiger partial charge in [-0.05, 0) is 25.3 Å². The molecule has 0 aliphatic carbocycles. The summed E-state index contributed by atoms with van der Waals surface area (Å²) in [4.78, 5) is 14.3. The molecule has 0 spiro atoms. The van der Waals surface area contributed by atoms with E-state index in [0.29, 0.717) is 17.9 Å². The van der Waals surface area contributed by atoms with Crippen LogP contribution in [-0.4, -0.2) is 36.5 Å². The fraction of sp³-hybridized carbons (Fsp3) is 0.917. The quantitative estimate of drug-likeness (QED) is 0.744. The van der Waals surface area contributed by atoms with Crippen LogP contribution in [0.4, 0.5) is 0 Å². The Morgan fingerprint density at radius 3 is 2.80 bits per heavy atom. The summed E-state index contributed by atoms with van der Waals surface area (Å²) in [5, 5.41) is 3.48. The minimum Gasteiger partial charge on any atom is -0.340 e. The minimum absolute atomic E-state index is 0.182. The van der Waals surface area contributed by atoms with Gasteiger partial charge >= 0.3 is 0 Å². The number of rotatable bonds is 2. The maximum Gasteiger partial charge on any atom is 0.228 e. The van der Waals surface area contributed by atoms with Crippen LogP contribution < -0.4 is 5.32 Å². The summed E-state index contributed by atoms with van der Waals surface area (Å²) in [5.41, 5.74) is -0.182. The molecule has 1 N–H and O–H groups in total. The van der Waals surface area contributed by atoms with Crippen LogP contribution in [0.2, 0.25) is 0 Å². The predicted molar refractivity (Wildman–Crippen MR) is 60.5 cm³/mol. The third kappa shape index (κ3) is 1.89. The average Bonchev–Trinajstić information content (AvgIpc) is 2.75. The van der Waals surface area contributed by atoms with Gasteiger partial charge in [-0.1, -0.05) is 20.8 Å². The van der Waals surface area contributed by atoms with Gasteiger partial charge in [0.2, 0.25) is 5.91 Å². The number of hydrogen-bond acceptors (Lipinski definition) is 2. The molecule has 2 fully saturated rings. The van der Waals surface area contributed by atoms with E-state index in [1.807, 2.05) is 0 Å². The van der Waals surface area contributed by atoms with Crippen molar-refractivity contribution in [2.24, 2.45) is 11.3 Å². The molecular weight excluding hydrogens is 188 g/mol. The number of amides is 1. The first-order chi connectivity index (χ1) is 7.04. The van der Waals surface area contributed by atoms with E-state index in [4.69, 9.17) is 0 Å². The van der Waals surface area contributed by atoms with Crippen LogP contribution in [0.1, 0.15) is 33.6 Å². The molecular formula is C12H22N2O. The first kappa shape index (κ1) is 10.9. The summed E-state index contributed by atoms with van der Waals surface area (Å²) < 4.78 is 0. The first-order valence-corrected chi connectivity index (χ1v) is 6.07. The van der Waals surface area contributed by atoms with Crippen molar-refractivity contribution in [2.45, 2.75) is 39.7 Å². The maximum absolute atomic E-state index is 12.2. The van der Waals surface area contributed by atoms with Crippen molar-refractivity contribution >= 4 is 5.91 Å². The maximum atomic E-state index is 12.2. The second-order valence-corrected chi connectivity index (χ2v) is 5.56. The van der Waals surface area contributed by atoms with Gasteiger partial charge in [0.25, 0.3) is 0 Å². The van der Waals surface area contributed by atoms with Crippen molar-refractivity contribution in [3.8, 4) is 0 Å². The SMILES string of the molecule is CCC(C)(C)C(=O)N1C[C@@H]2CCN[C@@H]2C1. The second-order valence-electron chi connectivity index (χ2n) is 5.56. The summed E-state index contributed by atoms with van der Waals surface area (Å²) in [6.45, 7) is 9.22. The van der Waals surface area contributed by atoms with E-state index in [-0.39, 0.29) is 5.41 Å². The van der Waals surface area contributed by atoms with Gasteiger partial charge < -0.3 is 10.2 Å². The van der Waals surface area contributed by atoms with Crippen LogP contribution in [0, 0.1) is 11.3 Å². The topological polar surface area (TPSA) is 32.3 Å². The average molecular weight is 210 g/mol. The number of fused-ring (bicyclic) bond motifs is 1. The second kappa shape index (κ2) is 3.78. The van der Waals surface area contributed by atoms with E-state index in [0.717, 1.165) is 26.1 Å². The molecule has 2 aliphatic rings. The molecule has 3 heteroatoms. The number of carbonyl (C=O) groups excluding carboxylic acids is 1. The highest BCUT2D eigenvalue weighted by molar-refractivity contribution is 5.82. The number of nitrogens with zero attached hydrogens (tertiary/aromatic N) is 1. The number of likely N-dealkylation sites (tertiary alicyclic amines) is 1. The van der Waals surface area contributed by atoms with E-state index in [2.05, 4.69) is 31.0 Å². The standard InChI is InChI=1S/C12H22N2O/c1-4-12(2,3)11(15)14-7-9-5-6-13-10(9)8-14/h9-10,13H,4-8H2,1-3H3/t9-,10+/m0/s1. The van der Waals surface area contributed by atoms with E-state index < -0.39 is 0 Å². The van der Waals surface area contributed by atoms with Crippen LogP contribution in [0.15, 0.2) is 0 Å². The van der Waals surface area contributed by atoms with Crippen molar-refractivity contribution in [2.75, 3.05) is 19.6 Å². The van der Waals surface area contributed by atoms with Crippen LogP contribution in [-0.2, 0) is 4.79 Å². The molecule has 0 bridgehead atoms. The van der Waals surface area contributed by atoms with Crippen LogP contribution >= 0.6 is 0 Å². The minimum atomic E-state index is -0.182. The molecule has 2 atom stereocenters. The predicted octanol–water partition coefficient (Wildman–Crippen LogP) is 1.24. The lowest BCUT2D eigenvalue weighted by Crippen LogP contribution is -2.41. The van der Waals surface area contributed by atoms with Gasteiger partial charge in [0.15, 0.2) is 0 Å². The molecule has 86 valence electrons. The smallest absolute Gasteiger partial charge is 0.228 e. The molecule has 2 aliphatic heterocycles. The lowest BCUT2D eigenvalue weighted by atomic mass is 9.88. The molecule has 2 saturated heterocycles. The lowest BCUT2D eigenvalue weighted by Gasteiger charge is -2.28. The van der Waals surface area contributed by atoms with Crippen molar-refractivity contribution in [1.82, 2.24) is 10.2 Å². The molecule has 0 saturated carbocycles. The van der Waals surface area contributed by atoms with E-state index in [9.17, 15) is 4.79 Å². The zero-order chi connectivity index (χ0) is 11.1. The van der Waals surface area contributed by atoms with E-state index >= 15 is 0 Å². The Balaban J connectivity index is 1.99. The van der Waals surface area contributed by atoms with Gasteiger partial charge in [-0.3, -0.25) is 4.79 Å². The fourth-order valence-corrected chi connectivity index (χ4v) is 2.59. The Bertz CT molecular complexity index is 250. The molecule has 2 heterocycles. The Morgan fingerprint density at radius 2 is 2.20 bits per heavy atom. The van der Waals surface area contributed by atoms with Gasteiger partial charge in [0.1, 0.15) is 0 Å². The lowest BCUT2D eigenvalue weighted by molar-refractivity contribution is -0.139. The van der Waals surface area contributed by atoms with Crippen molar-refractivity contribution in [1.29, 1.82) is 0 Å². The summed E-state index contributed by atoms with van der Waals surface area (Å²) in [7, 11) is 0. The third-order valence-electron chi connectivity index (χ3n) is 4.11. The number of nitrogens with one attached hydrogen (secondary N) is 1. The molecule has 0 aromatic carbocycles. The first-order valence-electron chi connectivity index (χ1n) is 6.07. The zero-order valence-electron chi connectivity index (χ0n) is 10.0. The van der Waals surface area contributed by atoms with Gasteiger partial charge in [-0.2, -0.15) is 0 Å². The summed E-state index contributed by atoms with van der Waals surface area (Å²) in [5.74, 6) is 1.04. The van der Waals surface area contributed by atoms with Gasteiger partial charge in [-0.15, -0.1) is 0 Å². The Hall–Kier alpha value is -0.570. The van der Waals surface area contributed by atoms with Crippen molar-refractivity contribution in [3.63, 3.8) is 0 Å².